The summed E-state index contributed by atoms with van der Waals surface area (Å²) in [6.07, 6.45) is 1.35. The van der Waals surface area contributed by atoms with Crippen LogP contribution in [0.2, 0.25) is 0 Å². The average Bonchev–Trinajstić information content (AvgIpc) is 2.77. The van der Waals surface area contributed by atoms with Crippen LogP contribution < -0.4 is 11.1 Å². The number of benzene rings is 1. The van der Waals surface area contributed by atoms with E-state index in [1.807, 2.05) is 12.1 Å². The van der Waals surface area contributed by atoms with E-state index in [0.29, 0.717) is 6.42 Å². The van der Waals surface area contributed by atoms with Crippen molar-refractivity contribution >= 4 is 22.9 Å². The molecule has 2 heterocycles. The van der Waals surface area contributed by atoms with Gasteiger partial charge in [0.05, 0.1) is 6.04 Å². The lowest BCUT2D eigenvalue weighted by atomic mass is 9.97. The van der Waals surface area contributed by atoms with Crippen LogP contribution in [0.25, 0.3) is 0 Å². The van der Waals surface area contributed by atoms with Crippen molar-refractivity contribution in [3.8, 4) is 0 Å². The summed E-state index contributed by atoms with van der Waals surface area (Å²) in [5.74, 6) is 0.0963. The molecule has 1 unspecified atom stereocenters. The Hall–Kier alpha value is -1.65. The maximum atomic E-state index is 11.4. The second-order valence-corrected chi connectivity index (χ2v) is 6.62. The quantitative estimate of drug-likeness (QED) is 0.890. The van der Waals surface area contributed by atoms with Crippen LogP contribution in [0, 0.1) is 13.8 Å². The minimum Gasteiger partial charge on any atom is -0.326 e. The van der Waals surface area contributed by atoms with Crippen LogP contribution in [-0.4, -0.2) is 5.91 Å². The van der Waals surface area contributed by atoms with E-state index in [1.54, 1.807) is 11.3 Å². The maximum Gasteiger partial charge on any atom is 0.224 e. The Morgan fingerprint density at radius 1 is 1.25 bits per heavy atom. The van der Waals surface area contributed by atoms with Gasteiger partial charge in [0.2, 0.25) is 5.91 Å². The molecule has 104 valence electrons. The molecule has 0 saturated heterocycles. The van der Waals surface area contributed by atoms with Crippen molar-refractivity contribution in [1.29, 1.82) is 0 Å². The molecule has 3 rings (SSSR count). The average molecular weight is 286 g/mol. The Morgan fingerprint density at radius 2 is 2.05 bits per heavy atom. The minimum absolute atomic E-state index is 0.0877. The third-order valence-corrected chi connectivity index (χ3v) is 5.11. The normalized spacial score (nSPS) is 15.7. The molecule has 1 aromatic carbocycles. The number of hydrogen-bond donors (Lipinski definition) is 2. The Kier molecular flexibility index (Phi) is 3.36. The molecule has 1 aliphatic rings. The number of hydrogen-bond acceptors (Lipinski definition) is 3. The number of carbonyl (C=O) groups is 1. The zero-order chi connectivity index (χ0) is 14.3. The monoisotopic (exact) mass is 286 g/mol. The van der Waals surface area contributed by atoms with Gasteiger partial charge in [-0.3, -0.25) is 4.79 Å². The van der Waals surface area contributed by atoms with Crippen molar-refractivity contribution in [3.05, 3.63) is 50.7 Å². The number of aryl methyl sites for hydroxylation is 3. The Bertz CT molecular complexity index is 656. The molecule has 4 heteroatoms. The van der Waals surface area contributed by atoms with Crippen molar-refractivity contribution in [1.82, 2.24) is 0 Å². The van der Waals surface area contributed by atoms with Crippen LogP contribution in [0.15, 0.2) is 24.3 Å². The van der Waals surface area contributed by atoms with Gasteiger partial charge in [0.1, 0.15) is 0 Å². The summed E-state index contributed by atoms with van der Waals surface area (Å²) >= 11 is 1.76. The summed E-state index contributed by atoms with van der Waals surface area (Å²) < 4.78 is 0. The van der Waals surface area contributed by atoms with Crippen molar-refractivity contribution in [2.45, 2.75) is 32.7 Å². The van der Waals surface area contributed by atoms with Gasteiger partial charge >= 0.3 is 0 Å². The molecule has 0 radical (unpaired) electrons. The largest absolute Gasteiger partial charge is 0.326 e. The van der Waals surface area contributed by atoms with Crippen molar-refractivity contribution < 1.29 is 4.79 Å². The first-order chi connectivity index (χ1) is 9.54. The number of nitrogens with two attached hydrogens (primary N) is 1. The van der Waals surface area contributed by atoms with E-state index < -0.39 is 0 Å². The first-order valence-corrected chi connectivity index (χ1v) is 7.61. The van der Waals surface area contributed by atoms with Crippen molar-refractivity contribution in [2.75, 3.05) is 5.32 Å². The Labute approximate surface area is 122 Å². The van der Waals surface area contributed by atoms with Crippen LogP contribution in [-0.2, 0) is 11.2 Å². The molecule has 2 aromatic rings. The van der Waals surface area contributed by atoms with E-state index in [1.165, 1.54) is 20.9 Å². The van der Waals surface area contributed by atoms with E-state index in [2.05, 4.69) is 31.3 Å². The third kappa shape index (κ3) is 2.37. The van der Waals surface area contributed by atoms with Gasteiger partial charge < -0.3 is 11.1 Å². The van der Waals surface area contributed by atoms with Gasteiger partial charge in [0.15, 0.2) is 0 Å². The summed E-state index contributed by atoms with van der Waals surface area (Å²) in [5, 5.41) is 2.90. The highest BCUT2D eigenvalue weighted by Crippen LogP contribution is 2.32. The molecule has 3 N–H and O–H groups in total. The fraction of sp³-hybridized carbons (Fsp3) is 0.312. The molecule has 0 spiro atoms. The number of carbonyl (C=O) groups excluding carboxylic acids is 1. The van der Waals surface area contributed by atoms with Gasteiger partial charge in [0.25, 0.3) is 0 Å². The van der Waals surface area contributed by atoms with Gasteiger partial charge in [-0.05, 0) is 49.1 Å². The molecule has 3 nitrogen and oxygen atoms in total. The highest BCUT2D eigenvalue weighted by atomic mass is 32.1. The lowest BCUT2D eigenvalue weighted by Gasteiger charge is -2.19. The van der Waals surface area contributed by atoms with Gasteiger partial charge in [-0.25, -0.2) is 0 Å². The van der Waals surface area contributed by atoms with Crippen LogP contribution >= 0.6 is 11.3 Å². The van der Waals surface area contributed by atoms with Crippen LogP contribution in [0.5, 0.6) is 0 Å². The number of thiophene rings is 1. The molecule has 1 amide bonds. The molecular formula is C16H18N2OS. The first kappa shape index (κ1) is 13.3. The Balaban J connectivity index is 1.92. The number of amides is 1. The molecule has 1 aromatic heterocycles. The second-order valence-electron chi connectivity index (χ2n) is 5.33. The second kappa shape index (κ2) is 5.04. The zero-order valence-corrected chi connectivity index (χ0v) is 12.5. The summed E-state index contributed by atoms with van der Waals surface area (Å²) in [6, 6.07) is 8.19. The van der Waals surface area contributed by atoms with Gasteiger partial charge in [-0.15, -0.1) is 11.3 Å². The minimum atomic E-state index is -0.0877. The summed E-state index contributed by atoms with van der Waals surface area (Å²) in [4.78, 5) is 13.9. The molecule has 1 aliphatic heterocycles. The maximum absolute atomic E-state index is 11.4. The smallest absolute Gasteiger partial charge is 0.224 e. The van der Waals surface area contributed by atoms with Crippen molar-refractivity contribution in [2.24, 2.45) is 5.73 Å². The third-order valence-electron chi connectivity index (χ3n) is 3.88. The fourth-order valence-electron chi connectivity index (χ4n) is 2.52. The van der Waals surface area contributed by atoms with E-state index >= 15 is 0 Å². The van der Waals surface area contributed by atoms with E-state index in [-0.39, 0.29) is 11.9 Å². The molecule has 20 heavy (non-hydrogen) atoms. The lowest BCUT2D eigenvalue weighted by molar-refractivity contribution is -0.116. The zero-order valence-electron chi connectivity index (χ0n) is 11.7. The van der Waals surface area contributed by atoms with E-state index in [4.69, 9.17) is 5.73 Å². The SMILES string of the molecule is Cc1cc(C(N)c2ccc3c(c2)CCC(=O)N3)sc1C. The molecule has 1 atom stereocenters. The van der Waals surface area contributed by atoms with Crippen LogP contribution in [0.3, 0.4) is 0 Å². The molecule has 0 aliphatic carbocycles. The number of nitrogens with one attached hydrogen (secondary N) is 1. The van der Waals surface area contributed by atoms with Crippen LogP contribution in [0.1, 0.15) is 38.9 Å². The summed E-state index contributed by atoms with van der Waals surface area (Å²) in [5.41, 5.74) is 10.9. The Morgan fingerprint density at radius 3 is 2.75 bits per heavy atom. The molecule has 0 fully saturated rings. The highest BCUT2D eigenvalue weighted by molar-refractivity contribution is 7.12. The molecule has 0 saturated carbocycles. The van der Waals surface area contributed by atoms with Gasteiger partial charge in [-0.1, -0.05) is 12.1 Å². The summed E-state index contributed by atoms with van der Waals surface area (Å²) in [6.45, 7) is 4.24. The first-order valence-electron chi connectivity index (χ1n) is 6.80. The highest BCUT2D eigenvalue weighted by Gasteiger charge is 2.18. The summed E-state index contributed by atoms with van der Waals surface area (Å²) in [7, 11) is 0. The number of anilines is 1. The van der Waals surface area contributed by atoms with Gasteiger partial charge in [-0.2, -0.15) is 0 Å². The number of fused-ring (bicyclic) bond motifs is 1. The predicted octanol–water partition coefficient (Wildman–Crippen LogP) is 3.30. The van der Waals surface area contributed by atoms with Crippen molar-refractivity contribution in [3.63, 3.8) is 0 Å². The van der Waals surface area contributed by atoms with Gasteiger partial charge in [0, 0.05) is 21.9 Å². The molecular weight excluding hydrogens is 268 g/mol. The number of rotatable bonds is 2. The predicted molar refractivity (Wildman–Crippen MR) is 83.2 cm³/mol. The van der Waals surface area contributed by atoms with E-state index in [0.717, 1.165) is 17.7 Å². The standard InChI is InChI=1S/C16H18N2OS/c1-9-7-14(20-10(9)2)16(17)12-3-5-13-11(8-12)4-6-15(19)18-13/h3,5,7-8,16H,4,6,17H2,1-2H3,(H,18,19). The molecule has 0 bridgehead atoms. The van der Waals surface area contributed by atoms with E-state index in [9.17, 15) is 4.79 Å². The van der Waals surface area contributed by atoms with Crippen LogP contribution in [0.4, 0.5) is 5.69 Å². The lowest BCUT2D eigenvalue weighted by Crippen LogP contribution is -2.19. The fourth-order valence-corrected chi connectivity index (χ4v) is 3.59. The topological polar surface area (TPSA) is 55.1 Å².